The van der Waals surface area contributed by atoms with Crippen LogP contribution in [0.5, 0.6) is 0 Å². The Labute approximate surface area is 113 Å². The molecule has 0 fully saturated rings. The van der Waals surface area contributed by atoms with Gasteiger partial charge in [-0.25, -0.2) is 13.1 Å². The van der Waals surface area contributed by atoms with E-state index in [1.54, 1.807) is 51.1 Å². The van der Waals surface area contributed by atoms with Gasteiger partial charge in [0.15, 0.2) is 0 Å². The zero-order valence-corrected chi connectivity index (χ0v) is 12.1. The van der Waals surface area contributed by atoms with E-state index in [1.165, 1.54) is 0 Å². The quantitative estimate of drug-likeness (QED) is 0.865. The highest BCUT2D eigenvalue weighted by Gasteiger charge is 2.32. The molecular weight excluding hydrogens is 266 g/mol. The highest BCUT2D eigenvalue weighted by Crippen LogP contribution is 2.22. The molecule has 1 atom stereocenters. The van der Waals surface area contributed by atoms with Gasteiger partial charge in [-0.3, -0.25) is 4.79 Å². The fourth-order valence-corrected chi connectivity index (χ4v) is 2.40. The first-order chi connectivity index (χ1) is 8.63. The van der Waals surface area contributed by atoms with Gasteiger partial charge in [0, 0.05) is 0 Å². The average molecular weight is 285 g/mol. The zero-order chi connectivity index (χ0) is 14.7. The van der Waals surface area contributed by atoms with E-state index in [1.807, 2.05) is 0 Å². The van der Waals surface area contributed by atoms with Crippen molar-refractivity contribution < 1.29 is 18.3 Å². The lowest BCUT2D eigenvalue weighted by Crippen LogP contribution is -2.41. The molecule has 19 heavy (non-hydrogen) atoms. The molecule has 1 aromatic rings. The second kappa shape index (κ2) is 5.71. The van der Waals surface area contributed by atoms with Gasteiger partial charge in [-0.15, -0.1) is 0 Å². The van der Waals surface area contributed by atoms with Gasteiger partial charge in [-0.1, -0.05) is 30.3 Å². The molecule has 0 saturated heterocycles. The number of sulfonamides is 1. The van der Waals surface area contributed by atoms with Gasteiger partial charge in [0.05, 0.1) is 17.2 Å². The molecule has 0 heterocycles. The van der Waals surface area contributed by atoms with Gasteiger partial charge in [-0.05, 0) is 26.3 Å². The van der Waals surface area contributed by atoms with Crippen LogP contribution in [0.25, 0.3) is 0 Å². The van der Waals surface area contributed by atoms with Crippen LogP contribution in [0.15, 0.2) is 30.3 Å². The predicted octanol–water partition coefficient (Wildman–Crippen LogP) is 1.92. The average Bonchev–Trinajstić information content (AvgIpc) is 2.27. The van der Waals surface area contributed by atoms with Crippen LogP contribution in [0.1, 0.15) is 38.8 Å². The molecule has 0 amide bonds. The topological polar surface area (TPSA) is 83.5 Å². The van der Waals surface area contributed by atoms with Crippen LogP contribution in [0, 0.1) is 0 Å². The fraction of sp³-hybridized carbons (Fsp3) is 0.462. The smallest absolute Gasteiger partial charge is 0.305 e. The lowest BCUT2D eigenvalue weighted by molar-refractivity contribution is -0.137. The van der Waals surface area contributed by atoms with Crippen LogP contribution in [0.2, 0.25) is 0 Å². The van der Waals surface area contributed by atoms with Gasteiger partial charge >= 0.3 is 5.97 Å². The van der Waals surface area contributed by atoms with E-state index in [4.69, 9.17) is 5.11 Å². The first kappa shape index (κ1) is 15.7. The molecule has 0 bridgehead atoms. The molecule has 0 spiro atoms. The number of nitrogens with one attached hydrogen (secondary N) is 1. The Morgan fingerprint density at radius 2 is 1.79 bits per heavy atom. The second-order valence-corrected chi connectivity index (χ2v) is 7.76. The first-order valence-electron chi connectivity index (χ1n) is 5.92. The van der Waals surface area contributed by atoms with Crippen molar-refractivity contribution in [2.45, 2.75) is 38.0 Å². The van der Waals surface area contributed by atoms with E-state index in [-0.39, 0.29) is 6.42 Å². The van der Waals surface area contributed by atoms with E-state index in [2.05, 4.69) is 4.72 Å². The van der Waals surface area contributed by atoms with E-state index >= 15 is 0 Å². The molecule has 106 valence electrons. The van der Waals surface area contributed by atoms with Crippen LogP contribution in [-0.4, -0.2) is 24.2 Å². The molecule has 6 heteroatoms. The summed E-state index contributed by atoms with van der Waals surface area (Å²) in [6.45, 7) is 4.70. The molecule has 0 aromatic heterocycles. The Bertz CT molecular complexity index is 532. The van der Waals surface area contributed by atoms with Crippen molar-refractivity contribution in [2.75, 3.05) is 0 Å². The summed E-state index contributed by atoms with van der Waals surface area (Å²) in [7, 11) is -3.60. The maximum absolute atomic E-state index is 12.1. The van der Waals surface area contributed by atoms with Crippen molar-refractivity contribution in [3.63, 3.8) is 0 Å². The van der Waals surface area contributed by atoms with Crippen LogP contribution in [-0.2, 0) is 14.8 Å². The van der Waals surface area contributed by atoms with Gasteiger partial charge in [0.1, 0.15) is 0 Å². The van der Waals surface area contributed by atoms with Crippen LogP contribution in [0.4, 0.5) is 0 Å². The number of aliphatic carboxylic acids is 1. The summed E-state index contributed by atoms with van der Waals surface area (Å²) < 4.78 is 25.7. The molecule has 0 unspecified atom stereocenters. The minimum absolute atomic E-state index is 0.292. The fourth-order valence-electron chi connectivity index (χ4n) is 1.45. The molecule has 2 N–H and O–H groups in total. The van der Waals surface area contributed by atoms with Crippen molar-refractivity contribution in [3.05, 3.63) is 35.9 Å². The largest absolute Gasteiger partial charge is 0.481 e. The molecule has 1 rings (SSSR count). The molecule has 0 aliphatic carbocycles. The summed E-state index contributed by atoms with van der Waals surface area (Å²) >= 11 is 0. The predicted molar refractivity (Wildman–Crippen MR) is 73.2 cm³/mol. The molecular formula is C13H19NO4S. The van der Waals surface area contributed by atoms with Crippen LogP contribution >= 0.6 is 0 Å². The molecule has 0 aliphatic rings. The third-order valence-corrected chi connectivity index (χ3v) is 4.89. The number of carbonyl (C=O) groups is 1. The third kappa shape index (κ3) is 4.33. The SMILES string of the molecule is CC(C)(C)S(=O)(=O)N[C@H](CC(=O)O)c1ccccc1. The van der Waals surface area contributed by atoms with Gasteiger partial charge in [-0.2, -0.15) is 0 Å². The lowest BCUT2D eigenvalue weighted by atomic mass is 10.1. The normalized spacial score (nSPS) is 14.1. The molecule has 1 aromatic carbocycles. The van der Waals surface area contributed by atoms with E-state index in [0.717, 1.165) is 0 Å². The number of carboxylic acid groups (broad SMARTS) is 1. The van der Waals surface area contributed by atoms with Gasteiger partial charge < -0.3 is 5.11 Å². The second-order valence-electron chi connectivity index (χ2n) is 5.29. The standard InChI is InChI=1S/C13H19NO4S/c1-13(2,3)19(17,18)14-11(9-12(15)16)10-7-5-4-6-8-10/h4-8,11,14H,9H2,1-3H3,(H,15,16)/t11-/m1/s1. The van der Waals surface area contributed by atoms with Crippen LogP contribution in [0.3, 0.4) is 0 Å². The maximum Gasteiger partial charge on any atom is 0.305 e. The molecule has 0 radical (unpaired) electrons. The summed E-state index contributed by atoms with van der Waals surface area (Å²) in [5, 5.41) is 8.91. The molecule has 5 nitrogen and oxygen atoms in total. The van der Waals surface area contributed by atoms with Crippen molar-refractivity contribution in [1.29, 1.82) is 0 Å². The number of rotatable bonds is 5. The highest BCUT2D eigenvalue weighted by molar-refractivity contribution is 7.90. The first-order valence-corrected chi connectivity index (χ1v) is 7.40. The van der Waals surface area contributed by atoms with Gasteiger partial charge in [0.2, 0.25) is 10.0 Å². The number of hydrogen-bond donors (Lipinski definition) is 2. The van der Waals surface area contributed by atoms with Gasteiger partial charge in [0.25, 0.3) is 0 Å². The Kier molecular flexibility index (Phi) is 4.70. The van der Waals surface area contributed by atoms with E-state index < -0.39 is 26.8 Å². The third-order valence-electron chi connectivity index (χ3n) is 2.68. The number of carboxylic acids is 1. The van der Waals surface area contributed by atoms with E-state index in [9.17, 15) is 13.2 Å². The highest BCUT2D eigenvalue weighted by atomic mass is 32.2. The number of hydrogen-bond acceptors (Lipinski definition) is 3. The lowest BCUT2D eigenvalue weighted by Gasteiger charge is -2.24. The monoisotopic (exact) mass is 285 g/mol. The maximum atomic E-state index is 12.1. The number of benzene rings is 1. The zero-order valence-electron chi connectivity index (χ0n) is 11.3. The Hall–Kier alpha value is -1.40. The van der Waals surface area contributed by atoms with Crippen molar-refractivity contribution in [1.82, 2.24) is 4.72 Å². The molecule has 0 saturated carbocycles. The van der Waals surface area contributed by atoms with Crippen molar-refractivity contribution in [3.8, 4) is 0 Å². The molecule has 0 aliphatic heterocycles. The van der Waals surface area contributed by atoms with Crippen LogP contribution < -0.4 is 4.72 Å². The van der Waals surface area contributed by atoms with E-state index in [0.29, 0.717) is 5.56 Å². The van der Waals surface area contributed by atoms with Crippen molar-refractivity contribution >= 4 is 16.0 Å². The minimum atomic E-state index is -3.60. The summed E-state index contributed by atoms with van der Waals surface area (Å²) in [4.78, 5) is 10.9. The summed E-state index contributed by atoms with van der Waals surface area (Å²) in [6, 6.07) is 7.94. The minimum Gasteiger partial charge on any atom is -0.481 e. The summed E-state index contributed by atoms with van der Waals surface area (Å²) in [6.07, 6.45) is -0.292. The van der Waals surface area contributed by atoms with Crippen molar-refractivity contribution in [2.24, 2.45) is 0 Å². The Morgan fingerprint density at radius 3 is 2.21 bits per heavy atom. The summed E-state index contributed by atoms with van der Waals surface area (Å²) in [5.74, 6) is -1.05. The summed E-state index contributed by atoms with van der Waals surface area (Å²) in [5.41, 5.74) is 0.637. The Morgan fingerprint density at radius 1 is 1.26 bits per heavy atom. The Balaban J connectivity index is 3.04.